The van der Waals surface area contributed by atoms with Crippen molar-refractivity contribution < 1.29 is 12.6 Å². The van der Waals surface area contributed by atoms with Gasteiger partial charge in [-0.2, -0.15) is 8.42 Å². The van der Waals surface area contributed by atoms with Crippen LogP contribution in [-0.4, -0.2) is 14.2 Å². The first kappa shape index (κ1) is 11.5. The van der Waals surface area contributed by atoms with Gasteiger partial charge in [-0.3, -0.25) is 0 Å². The van der Waals surface area contributed by atoms with Crippen LogP contribution in [0.2, 0.25) is 0 Å². The zero-order valence-electron chi connectivity index (χ0n) is 7.73. The quantitative estimate of drug-likeness (QED) is 0.795. The van der Waals surface area contributed by atoms with Crippen molar-refractivity contribution >= 4 is 26.0 Å². The smallest absolute Gasteiger partial charge is 0.309 e. The molecule has 0 spiro atoms. The Labute approximate surface area is 92.3 Å². The Morgan fingerprint density at radius 1 is 1.36 bits per heavy atom. The molecule has 1 aromatic rings. The van der Waals surface area contributed by atoms with Crippen molar-refractivity contribution in [3.8, 4) is 5.75 Å². The van der Waals surface area contributed by atoms with Gasteiger partial charge in [0.05, 0.1) is 10.2 Å². The largest absolute Gasteiger partial charge is 0.381 e. The maximum absolute atomic E-state index is 11.3. The van der Waals surface area contributed by atoms with Crippen molar-refractivity contribution in [3.05, 3.63) is 28.7 Å². The summed E-state index contributed by atoms with van der Waals surface area (Å²) in [6.45, 7) is 1.79. The molecule has 1 rings (SSSR count). The van der Waals surface area contributed by atoms with E-state index in [9.17, 15) is 8.42 Å². The molecule has 0 atom stereocenters. The second-order valence-electron chi connectivity index (χ2n) is 2.78. The first-order valence-corrected chi connectivity index (χ1v) is 6.59. The van der Waals surface area contributed by atoms with Crippen LogP contribution in [0.4, 0.5) is 0 Å². The van der Waals surface area contributed by atoms with Gasteiger partial charge < -0.3 is 4.18 Å². The lowest BCUT2D eigenvalue weighted by molar-refractivity contribution is 0.483. The third-order valence-electron chi connectivity index (χ3n) is 1.51. The van der Waals surface area contributed by atoms with E-state index in [0.717, 1.165) is 0 Å². The summed E-state index contributed by atoms with van der Waals surface area (Å²) in [7, 11) is -3.44. The molecule has 0 N–H and O–H groups in total. The van der Waals surface area contributed by atoms with E-state index in [4.69, 9.17) is 4.18 Å². The topological polar surface area (TPSA) is 43.4 Å². The van der Waals surface area contributed by atoms with Gasteiger partial charge in [0.1, 0.15) is 0 Å². The van der Waals surface area contributed by atoms with Gasteiger partial charge in [0.2, 0.25) is 0 Å². The van der Waals surface area contributed by atoms with Crippen LogP contribution in [0.15, 0.2) is 28.7 Å². The van der Waals surface area contributed by atoms with Gasteiger partial charge in [-0.1, -0.05) is 19.1 Å². The molecule has 0 heterocycles. The summed E-state index contributed by atoms with van der Waals surface area (Å²) in [5.41, 5.74) is 0. The SMILES string of the molecule is CCCS(=O)(=O)Oc1ccccc1Br. The van der Waals surface area contributed by atoms with Crippen LogP contribution >= 0.6 is 15.9 Å². The number of hydrogen-bond acceptors (Lipinski definition) is 3. The Hall–Kier alpha value is -0.550. The van der Waals surface area contributed by atoms with Crippen molar-refractivity contribution in [2.75, 3.05) is 5.75 Å². The first-order valence-electron chi connectivity index (χ1n) is 4.22. The summed E-state index contributed by atoms with van der Waals surface area (Å²) in [4.78, 5) is 0. The maximum atomic E-state index is 11.3. The highest BCUT2D eigenvalue weighted by atomic mass is 79.9. The van der Waals surface area contributed by atoms with Crippen LogP contribution in [-0.2, 0) is 10.1 Å². The van der Waals surface area contributed by atoms with Gasteiger partial charge in [0, 0.05) is 0 Å². The van der Waals surface area contributed by atoms with E-state index in [1.807, 2.05) is 0 Å². The average Bonchev–Trinajstić information content (AvgIpc) is 2.08. The van der Waals surface area contributed by atoms with E-state index in [0.29, 0.717) is 16.6 Å². The van der Waals surface area contributed by atoms with Gasteiger partial charge in [0.15, 0.2) is 5.75 Å². The van der Waals surface area contributed by atoms with Crippen LogP contribution in [0.5, 0.6) is 5.75 Å². The Kier molecular flexibility index (Phi) is 3.95. The second kappa shape index (κ2) is 4.79. The van der Waals surface area contributed by atoms with Gasteiger partial charge in [-0.15, -0.1) is 0 Å². The molecule has 0 aliphatic heterocycles. The van der Waals surface area contributed by atoms with Crippen molar-refractivity contribution in [2.45, 2.75) is 13.3 Å². The van der Waals surface area contributed by atoms with Gasteiger partial charge >= 0.3 is 10.1 Å². The number of hydrogen-bond donors (Lipinski definition) is 0. The van der Waals surface area contributed by atoms with E-state index in [2.05, 4.69) is 15.9 Å². The van der Waals surface area contributed by atoms with Crippen LogP contribution in [0.25, 0.3) is 0 Å². The molecule has 0 bridgehead atoms. The molecular weight excluding hydrogens is 268 g/mol. The minimum atomic E-state index is -3.44. The highest BCUT2D eigenvalue weighted by Gasteiger charge is 2.12. The van der Waals surface area contributed by atoms with Crippen molar-refractivity contribution in [1.82, 2.24) is 0 Å². The number of benzene rings is 1. The van der Waals surface area contributed by atoms with Crippen molar-refractivity contribution in [2.24, 2.45) is 0 Å². The second-order valence-corrected chi connectivity index (χ2v) is 5.32. The standard InChI is InChI=1S/C9H11BrO3S/c1-2-7-14(11,12)13-9-6-4-3-5-8(9)10/h3-6H,2,7H2,1H3. The van der Waals surface area contributed by atoms with Crippen LogP contribution in [0.3, 0.4) is 0 Å². The highest BCUT2D eigenvalue weighted by molar-refractivity contribution is 9.10. The van der Waals surface area contributed by atoms with E-state index < -0.39 is 10.1 Å². The summed E-state index contributed by atoms with van der Waals surface area (Å²) in [6.07, 6.45) is 0.548. The predicted octanol–water partition coefficient (Wildman–Crippen LogP) is 2.57. The van der Waals surface area contributed by atoms with Crippen LogP contribution in [0, 0.1) is 0 Å². The molecule has 0 aromatic heterocycles. The molecule has 0 amide bonds. The zero-order chi connectivity index (χ0) is 10.6. The van der Waals surface area contributed by atoms with Gasteiger partial charge in [-0.05, 0) is 34.5 Å². The fourth-order valence-corrected chi connectivity index (χ4v) is 2.42. The molecule has 14 heavy (non-hydrogen) atoms. The third-order valence-corrected chi connectivity index (χ3v) is 3.50. The fraction of sp³-hybridized carbons (Fsp3) is 0.333. The summed E-state index contributed by atoms with van der Waals surface area (Å²) >= 11 is 3.21. The van der Waals surface area contributed by atoms with Crippen molar-refractivity contribution in [1.29, 1.82) is 0 Å². The summed E-state index contributed by atoms with van der Waals surface area (Å²) in [6, 6.07) is 6.86. The molecule has 78 valence electrons. The monoisotopic (exact) mass is 278 g/mol. The normalized spacial score (nSPS) is 11.3. The minimum absolute atomic E-state index is 0.0360. The summed E-state index contributed by atoms with van der Waals surface area (Å²) < 4.78 is 28.2. The molecule has 0 aliphatic rings. The molecule has 5 heteroatoms. The fourth-order valence-electron chi connectivity index (χ4n) is 0.941. The zero-order valence-corrected chi connectivity index (χ0v) is 10.1. The lowest BCUT2D eigenvalue weighted by Gasteiger charge is -2.06. The third kappa shape index (κ3) is 3.31. The molecular formula is C9H11BrO3S. The van der Waals surface area contributed by atoms with Crippen molar-refractivity contribution in [3.63, 3.8) is 0 Å². The van der Waals surface area contributed by atoms with E-state index in [1.54, 1.807) is 31.2 Å². The molecule has 0 radical (unpaired) electrons. The Morgan fingerprint density at radius 3 is 2.57 bits per heavy atom. The molecule has 0 saturated carbocycles. The van der Waals surface area contributed by atoms with E-state index in [1.165, 1.54) is 0 Å². The van der Waals surface area contributed by atoms with E-state index in [-0.39, 0.29) is 5.75 Å². The molecule has 3 nitrogen and oxygen atoms in total. The van der Waals surface area contributed by atoms with Crippen LogP contribution in [0.1, 0.15) is 13.3 Å². The first-order chi connectivity index (χ1) is 6.55. The van der Waals surface area contributed by atoms with E-state index >= 15 is 0 Å². The number of halogens is 1. The summed E-state index contributed by atoms with van der Waals surface area (Å²) in [5.74, 6) is 0.370. The van der Waals surface area contributed by atoms with Gasteiger partial charge in [-0.25, -0.2) is 0 Å². The lowest BCUT2D eigenvalue weighted by atomic mass is 10.3. The molecule has 1 aromatic carbocycles. The lowest BCUT2D eigenvalue weighted by Crippen LogP contribution is -2.13. The molecule has 0 unspecified atom stereocenters. The average molecular weight is 279 g/mol. The number of rotatable bonds is 4. The Bertz CT molecular complexity index is 400. The summed E-state index contributed by atoms with van der Waals surface area (Å²) in [5, 5.41) is 0. The highest BCUT2D eigenvalue weighted by Crippen LogP contribution is 2.25. The molecule has 0 aliphatic carbocycles. The number of para-hydroxylation sites is 1. The predicted molar refractivity (Wildman–Crippen MR) is 58.8 cm³/mol. The van der Waals surface area contributed by atoms with Gasteiger partial charge in [0.25, 0.3) is 0 Å². The maximum Gasteiger partial charge on any atom is 0.309 e. The van der Waals surface area contributed by atoms with Crippen LogP contribution < -0.4 is 4.18 Å². The molecule has 0 fully saturated rings. The minimum Gasteiger partial charge on any atom is -0.381 e. The Balaban J connectivity index is 2.84. The molecule has 0 saturated heterocycles. The Morgan fingerprint density at radius 2 is 2.00 bits per heavy atom.